The molecule has 1 fully saturated rings. The standard InChI is InChI=1S/C17H26N2O/c1-12-7-9-17(11-18,10-8-12)19-16(20)15-13(2)5-4-6-14(15)3/h4-6,12H,7-11,18H2,1-3H3,(H,19,20). The molecule has 1 aliphatic rings. The van der Waals surface area contributed by atoms with Crippen molar-refractivity contribution in [3.63, 3.8) is 0 Å². The smallest absolute Gasteiger partial charge is 0.252 e. The van der Waals surface area contributed by atoms with Crippen molar-refractivity contribution in [2.45, 2.75) is 52.0 Å². The molecule has 0 spiro atoms. The van der Waals surface area contributed by atoms with Gasteiger partial charge in [0.15, 0.2) is 0 Å². The Morgan fingerprint density at radius 2 is 1.85 bits per heavy atom. The van der Waals surface area contributed by atoms with E-state index in [4.69, 9.17) is 5.73 Å². The van der Waals surface area contributed by atoms with E-state index in [-0.39, 0.29) is 11.4 Å². The van der Waals surface area contributed by atoms with Crippen LogP contribution < -0.4 is 11.1 Å². The highest BCUT2D eigenvalue weighted by molar-refractivity contribution is 5.97. The van der Waals surface area contributed by atoms with Crippen molar-refractivity contribution < 1.29 is 4.79 Å². The van der Waals surface area contributed by atoms with Gasteiger partial charge in [-0.25, -0.2) is 0 Å². The van der Waals surface area contributed by atoms with Gasteiger partial charge >= 0.3 is 0 Å². The largest absolute Gasteiger partial charge is 0.345 e. The van der Waals surface area contributed by atoms with Crippen LogP contribution in [-0.2, 0) is 0 Å². The fourth-order valence-electron chi connectivity index (χ4n) is 3.17. The van der Waals surface area contributed by atoms with E-state index < -0.39 is 0 Å². The molecule has 110 valence electrons. The molecule has 0 heterocycles. The van der Waals surface area contributed by atoms with E-state index in [0.29, 0.717) is 6.54 Å². The molecule has 1 saturated carbocycles. The van der Waals surface area contributed by atoms with Crippen LogP contribution in [0.1, 0.15) is 54.1 Å². The van der Waals surface area contributed by atoms with Crippen LogP contribution in [0.5, 0.6) is 0 Å². The van der Waals surface area contributed by atoms with Crippen LogP contribution in [0, 0.1) is 19.8 Å². The van der Waals surface area contributed by atoms with Crippen molar-refractivity contribution in [2.75, 3.05) is 6.54 Å². The van der Waals surface area contributed by atoms with Crippen LogP contribution in [-0.4, -0.2) is 18.0 Å². The summed E-state index contributed by atoms with van der Waals surface area (Å²) in [5.41, 5.74) is 8.62. The van der Waals surface area contributed by atoms with Crippen molar-refractivity contribution in [3.8, 4) is 0 Å². The van der Waals surface area contributed by atoms with E-state index in [9.17, 15) is 4.79 Å². The summed E-state index contributed by atoms with van der Waals surface area (Å²) in [7, 11) is 0. The van der Waals surface area contributed by atoms with Gasteiger partial charge in [0, 0.05) is 12.1 Å². The van der Waals surface area contributed by atoms with Crippen LogP contribution in [0.3, 0.4) is 0 Å². The summed E-state index contributed by atoms with van der Waals surface area (Å²) in [5.74, 6) is 0.771. The maximum Gasteiger partial charge on any atom is 0.252 e. The van der Waals surface area contributed by atoms with Gasteiger partial charge in [-0.2, -0.15) is 0 Å². The molecule has 1 amide bonds. The minimum atomic E-state index is -0.210. The first-order valence-corrected chi connectivity index (χ1v) is 7.56. The Bertz CT molecular complexity index is 468. The third kappa shape index (κ3) is 3.04. The fraction of sp³-hybridized carbons (Fsp3) is 0.588. The van der Waals surface area contributed by atoms with Crippen LogP contribution in [0.4, 0.5) is 0 Å². The van der Waals surface area contributed by atoms with Gasteiger partial charge < -0.3 is 11.1 Å². The van der Waals surface area contributed by atoms with Crippen LogP contribution in [0.2, 0.25) is 0 Å². The molecule has 0 unspecified atom stereocenters. The van der Waals surface area contributed by atoms with Gasteiger partial charge in [-0.3, -0.25) is 4.79 Å². The van der Waals surface area contributed by atoms with Gasteiger partial charge in [0.25, 0.3) is 5.91 Å². The zero-order valence-corrected chi connectivity index (χ0v) is 12.8. The lowest BCUT2D eigenvalue weighted by Gasteiger charge is -2.39. The number of carbonyl (C=O) groups excluding carboxylic acids is 1. The van der Waals surface area contributed by atoms with E-state index in [1.54, 1.807) is 0 Å². The number of benzene rings is 1. The molecule has 0 radical (unpaired) electrons. The molecule has 0 aromatic heterocycles. The molecule has 0 aliphatic heterocycles. The molecule has 1 aromatic rings. The van der Waals surface area contributed by atoms with Crippen LogP contribution in [0.25, 0.3) is 0 Å². The number of carbonyl (C=O) groups is 1. The molecule has 3 N–H and O–H groups in total. The third-order valence-corrected chi connectivity index (χ3v) is 4.71. The van der Waals surface area contributed by atoms with E-state index >= 15 is 0 Å². The van der Waals surface area contributed by atoms with E-state index in [2.05, 4.69) is 12.2 Å². The van der Waals surface area contributed by atoms with E-state index in [0.717, 1.165) is 48.3 Å². The normalized spacial score (nSPS) is 26.3. The van der Waals surface area contributed by atoms with Crippen molar-refractivity contribution in [3.05, 3.63) is 34.9 Å². The van der Waals surface area contributed by atoms with Crippen LogP contribution in [0.15, 0.2) is 18.2 Å². The Morgan fingerprint density at radius 3 is 2.35 bits per heavy atom. The highest BCUT2D eigenvalue weighted by atomic mass is 16.1. The summed E-state index contributed by atoms with van der Waals surface area (Å²) in [5, 5.41) is 3.24. The summed E-state index contributed by atoms with van der Waals surface area (Å²) in [6.07, 6.45) is 4.26. The number of nitrogens with two attached hydrogens (primary N) is 1. The monoisotopic (exact) mass is 274 g/mol. The van der Waals surface area contributed by atoms with Crippen LogP contribution >= 0.6 is 0 Å². The number of nitrogens with one attached hydrogen (secondary N) is 1. The van der Waals surface area contributed by atoms with Crippen molar-refractivity contribution in [2.24, 2.45) is 11.7 Å². The molecule has 1 aromatic carbocycles. The summed E-state index contributed by atoms with van der Waals surface area (Å²) in [6, 6.07) is 5.96. The number of hydrogen-bond donors (Lipinski definition) is 2. The van der Waals surface area contributed by atoms with E-state index in [1.807, 2.05) is 32.0 Å². The summed E-state index contributed by atoms with van der Waals surface area (Å²) < 4.78 is 0. The Balaban J connectivity index is 2.18. The van der Waals surface area contributed by atoms with Gasteiger partial charge in [0.1, 0.15) is 0 Å². The second kappa shape index (κ2) is 5.96. The van der Waals surface area contributed by atoms with Crippen molar-refractivity contribution in [1.29, 1.82) is 0 Å². The summed E-state index contributed by atoms with van der Waals surface area (Å²) >= 11 is 0. The number of amides is 1. The predicted molar refractivity (Wildman–Crippen MR) is 82.8 cm³/mol. The quantitative estimate of drug-likeness (QED) is 0.890. The number of rotatable bonds is 3. The van der Waals surface area contributed by atoms with Gasteiger partial charge in [0.05, 0.1) is 5.54 Å². The van der Waals surface area contributed by atoms with Crippen molar-refractivity contribution in [1.82, 2.24) is 5.32 Å². The lowest BCUT2D eigenvalue weighted by atomic mass is 9.77. The third-order valence-electron chi connectivity index (χ3n) is 4.71. The van der Waals surface area contributed by atoms with Gasteiger partial charge in [-0.05, 0) is 56.6 Å². The Morgan fingerprint density at radius 1 is 1.30 bits per heavy atom. The number of hydrogen-bond acceptors (Lipinski definition) is 2. The molecule has 0 bridgehead atoms. The predicted octanol–water partition coefficient (Wildman–Crippen LogP) is 2.94. The lowest BCUT2D eigenvalue weighted by Crippen LogP contribution is -2.55. The van der Waals surface area contributed by atoms with Crippen molar-refractivity contribution >= 4 is 5.91 Å². The van der Waals surface area contributed by atoms with Gasteiger partial charge in [0.2, 0.25) is 0 Å². The number of aryl methyl sites for hydroxylation is 2. The maximum absolute atomic E-state index is 12.6. The second-order valence-electron chi connectivity index (χ2n) is 6.39. The highest BCUT2D eigenvalue weighted by Gasteiger charge is 2.34. The first-order chi connectivity index (χ1) is 9.47. The lowest BCUT2D eigenvalue weighted by molar-refractivity contribution is 0.0859. The topological polar surface area (TPSA) is 55.1 Å². The molecule has 0 saturated heterocycles. The summed E-state index contributed by atoms with van der Waals surface area (Å²) in [6.45, 7) is 6.77. The molecular weight excluding hydrogens is 248 g/mol. The average Bonchev–Trinajstić information content (AvgIpc) is 2.41. The maximum atomic E-state index is 12.6. The first kappa shape index (κ1) is 15.0. The summed E-state index contributed by atoms with van der Waals surface area (Å²) in [4.78, 5) is 12.6. The zero-order valence-electron chi connectivity index (χ0n) is 12.8. The van der Waals surface area contributed by atoms with Gasteiger partial charge in [-0.15, -0.1) is 0 Å². The first-order valence-electron chi connectivity index (χ1n) is 7.56. The Hall–Kier alpha value is -1.35. The molecule has 2 rings (SSSR count). The van der Waals surface area contributed by atoms with Gasteiger partial charge in [-0.1, -0.05) is 25.1 Å². The SMILES string of the molecule is Cc1cccc(C)c1C(=O)NC1(CN)CCC(C)CC1. The Labute approximate surface area is 121 Å². The molecule has 0 atom stereocenters. The Kier molecular flexibility index (Phi) is 4.48. The molecular formula is C17H26N2O. The average molecular weight is 274 g/mol. The fourth-order valence-corrected chi connectivity index (χ4v) is 3.17. The zero-order chi connectivity index (χ0) is 14.8. The van der Waals surface area contributed by atoms with E-state index in [1.165, 1.54) is 0 Å². The molecule has 20 heavy (non-hydrogen) atoms. The minimum absolute atomic E-state index is 0.0283. The second-order valence-corrected chi connectivity index (χ2v) is 6.39. The molecule has 3 heteroatoms. The molecule has 3 nitrogen and oxygen atoms in total. The highest BCUT2D eigenvalue weighted by Crippen LogP contribution is 2.31. The molecule has 1 aliphatic carbocycles. The minimum Gasteiger partial charge on any atom is -0.345 e.